The normalized spacial score (nSPS) is 10.5. The number of rotatable bonds is 5. The van der Waals surface area contributed by atoms with Crippen molar-refractivity contribution in [1.82, 2.24) is 9.97 Å². The van der Waals surface area contributed by atoms with Crippen molar-refractivity contribution in [2.45, 2.75) is 22.6 Å². The fourth-order valence-electron chi connectivity index (χ4n) is 1.16. The molecule has 90 valence electrons. The summed E-state index contributed by atoms with van der Waals surface area (Å²) in [6, 6.07) is 3.87. The van der Waals surface area contributed by atoms with E-state index in [0.717, 1.165) is 17.2 Å². The quantitative estimate of drug-likeness (QED) is 0.841. The molecule has 0 spiro atoms. The van der Waals surface area contributed by atoms with Gasteiger partial charge >= 0.3 is 0 Å². The van der Waals surface area contributed by atoms with Crippen LogP contribution in [0, 0.1) is 5.82 Å². The summed E-state index contributed by atoms with van der Waals surface area (Å²) >= 11 is 2.89. The van der Waals surface area contributed by atoms with E-state index in [1.807, 2.05) is 17.5 Å². The van der Waals surface area contributed by atoms with E-state index in [4.69, 9.17) is 0 Å². The Morgan fingerprint density at radius 2 is 2.41 bits per heavy atom. The van der Waals surface area contributed by atoms with Crippen LogP contribution in [-0.4, -0.2) is 16.5 Å². The molecule has 2 rings (SSSR count). The van der Waals surface area contributed by atoms with E-state index in [1.54, 1.807) is 11.3 Å². The molecule has 0 aliphatic carbocycles. The minimum atomic E-state index is -0.384. The summed E-state index contributed by atoms with van der Waals surface area (Å²) in [7, 11) is 0. The van der Waals surface area contributed by atoms with Crippen LogP contribution in [0.25, 0.3) is 0 Å². The molecule has 0 unspecified atom stereocenters. The van der Waals surface area contributed by atoms with Crippen LogP contribution < -0.4 is 5.32 Å². The van der Waals surface area contributed by atoms with Crippen LogP contribution in [0.5, 0.6) is 0 Å². The summed E-state index contributed by atoms with van der Waals surface area (Å²) in [5.41, 5.74) is 0. The van der Waals surface area contributed by atoms with E-state index < -0.39 is 0 Å². The van der Waals surface area contributed by atoms with E-state index in [9.17, 15) is 4.39 Å². The molecule has 0 saturated carbocycles. The summed E-state index contributed by atoms with van der Waals surface area (Å²) in [5, 5.41) is 5.36. The van der Waals surface area contributed by atoms with E-state index in [0.29, 0.717) is 11.0 Å². The highest BCUT2D eigenvalue weighted by Crippen LogP contribution is 2.31. The summed E-state index contributed by atoms with van der Waals surface area (Å²) in [4.78, 5) is 8.06. The number of aromatic nitrogens is 2. The van der Waals surface area contributed by atoms with Crippen molar-refractivity contribution in [3.63, 3.8) is 0 Å². The fraction of sp³-hybridized carbons (Fsp3) is 0.273. The molecule has 0 fully saturated rings. The van der Waals surface area contributed by atoms with Gasteiger partial charge in [-0.2, -0.15) is 0 Å². The molecule has 0 aromatic carbocycles. The van der Waals surface area contributed by atoms with Crippen molar-refractivity contribution in [2.75, 3.05) is 11.9 Å². The van der Waals surface area contributed by atoms with Crippen LogP contribution in [0.4, 0.5) is 10.3 Å². The van der Waals surface area contributed by atoms with Gasteiger partial charge in [0.15, 0.2) is 5.82 Å². The van der Waals surface area contributed by atoms with E-state index in [-0.39, 0.29) is 5.82 Å². The van der Waals surface area contributed by atoms with Crippen LogP contribution in [-0.2, 0) is 0 Å². The maximum atomic E-state index is 13.5. The Morgan fingerprint density at radius 1 is 1.53 bits per heavy atom. The van der Waals surface area contributed by atoms with E-state index in [2.05, 4.69) is 22.2 Å². The maximum absolute atomic E-state index is 13.5. The lowest BCUT2D eigenvalue weighted by Crippen LogP contribution is -2.05. The van der Waals surface area contributed by atoms with Crippen LogP contribution in [0.2, 0.25) is 0 Å². The van der Waals surface area contributed by atoms with Crippen molar-refractivity contribution >= 4 is 29.0 Å². The third kappa shape index (κ3) is 3.41. The molecule has 0 radical (unpaired) electrons. The highest BCUT2D eigenvalue weighted by molar-refractivity contribution is 8.01. The molecule has 2 aromatic heterocycles. The van der Waals surface area contributed by atoms with Gasteiger partial charge in [0.2, 0.25) is 5.95 Å². The molecule has 1 N–H and O–H groups in total. The Kier molecular flexibility index (Phi) is 4.33. The van der Waals surface area contributed by atoms with Gasteiger partial charge in [0.1, 0.15) is 5.03 Å². The van der Waals surface area contributed by atoms with Gasteiger partial charge in [0.25, 0.3) is 0 Å². The van der Waals surface area contributed by atoms with Crippen LogP contribution in [0.1, 0.15) is 13.3 Å². The molecule has 3 nitrogen and oxygen atoms in total. The molecular formula is C11H12FN3S2. The number of thiophene rings is 1. The Morgan fingerprint density at radius 3 is 3.12 bits per heavy atom. The summed E-state index contributed by atoms with van der Waals surface area (Å²) in [5.74, 6) is 0.0951. The number of hydrogen-bond acceptors (Lipinski definition) is 5. The number of nitrogens with zero attached hydrogens (tertiary/aromatic N) is 2. The zero-order valence-corrected chi connectivity index (χ0v) is 10.9. The SMILES string of the molecule is CCCNc1ncc(F)c(Sc2cccs2)n1. The van der Waals surface area contributed by atoms with Gasteiger partial charge in [0, 0.05) is 6.54 Å². The number of nitrogens with one attached hydrogen (secondary N) is 1. The topological polar surface area (TPSA) is 37.8 Å². The third-order valence-corrected chi connectivity index (χ3v) is 3.95. The fourth-order valence-corrected chi connectivity index (χ4v) is 2.83. The molecule has 0 aliphatic rings. The Hall–Kier alpha value is -1.14. The summed E-state index contributed by atoms with van der Waals surface area (Å²) in [6.45, 7) is 2.84. The van der Waals surface area contributed by atoms with Crippen LogP contribution >= 0.6 is 23.1 Å². The van der Waals surface area contributed by atoms with Crippen LogP contribution in [0.15, 0.2) is 32.9 Å². The molecule has 0 amide bonds. The molecule has 17 heavy (non-hydrogen) atoms. The lowest BCUT2D eigenvalue weighted by atomic mass is 10.5. The predicted octanol–water partition coefficient (Wildman–Crippen LogP) is 3.65. The monoisotopic (exact) mass is 269 g/mol. The van der Waals surface area contributed by atoms with Crippen molar-refractivity contribution in [3.05, 3.63) is 29.5 Å². The van der Waals surface area contributed by atoms with Gasteiger partial charge in [-0.1, -0.05) is 24.8 Å². The number of hydrogen-bond donors (Lipinski definition) is 1. The van der Waals surface area contributed by atoms with Gasteiger partial charge < -0.3 is 5.32 Å². The van der Waals surface area contributed by atoms with Crippen LogP contribution in [0.3, 0.4) is 0 Å². The third-order valence-electron chi connectivity index (χ3n) is 1.94. The smallest absolute Gasteiger partial charge is 0.223 e. The molecule has 0 bridgehead atoms. The zero-order valence-electron chi connectivity index (χ0n) is 9.31. The maximum Gasteiger partial charge on any atom is 0.223 e. The van der Waals surface area contributed by atoms with E-state index >= 15 is 0 Å². The standard InChI is InChI=1S/C11H12FN3S2/c1-2-5-13-11-14-7-8(12)10(15-11)17-9-4-3-6-16-9/h3-4,6-7H,2,5H2,1H3,(H,13,14,15). The van der Waals surface area contributed by atoms with Crippen molar-refractivity contribution in [3.8, 4) is 0 Å². The van der Waals surface area contributed by atoms with Crippen molar-refractivity contribution in [1.29, 1.82) is 0 Å². The Bertz CT molecular complexity index is 474. The highest BCUT2D eigenvalue weighted by atomic mass is 32.2. The minimum absolute atomic E-state index is 0.362. The van der Waals surface area contributed by atoms with Gasteiger partial charge in [0.05, 0.1) is 10.4 Å². The molecule has 0 aliphatic heterocycles. The molecule has 0 saturated heterocycles. The first kappa shape index (κ1) is 12.3. The average Bonchev–Trinajstić information content (AvgIpc) is 2.83. The first-order valence-corrected chi connectivity index (χ1v) is 6.97. The van der Waals surface area contributed by atoms with E-state index in [1.165, 1.54) is 18.0 Å². The minimum Gasteiger partial charge on any atom is -0.354 e. The largest absolute Gasteiger partial charge is 0.354 e. The zero-order chi connectivity index (χ0) is 12.1. The van der Waals surface area contributed by atoms with Crippen molar-refractivity contribution in [2.24, 2.45) is 0 Å². The second-order valence-corrected chi connectivity index (χ2v) is 5.54. The number of halogens is 1. The van der Waals surface area contributed by atoms with Gasteiger partial charge in [-0.3, -0.25) is 0 Å². The first-order valence-electron chi connectivity index (χ1n) is 5.27. The Labute approximate surface area is 108 Å². The lowest BCUT2D eigenvalue weighted by Gasteiger charge is -2.05. The second kappa shape index (κ2) is 5.97. The highest BCUT2D eigenvalue weighted by Gasteiger charge is 2.09. The summed E-state index contributed by atoms with van der Waals surface area (Å²) in [6.07, 6.45) is 2.19. The molecule has 2 heterocycles. The lowest BCUT2D eigenvalue weighted by molar-refractivity contribution is 0.580. The molecule has 2 aromatic rings. The molecule has 6 heteroatoms. The second-order valence-electron chi connectivity index (χ2n) is 3.31. The molecular weight excluding hydrogens is 257 g/mol. The average molecular weight is 269 g/mol. The van der Waals surface area contributed by atoms with Gasteiger partial charge in [-0.25, -0.2) is 14.4 Å². The predicted molar refractivity (Wildman–Crippen MR) is 69.2 cm³/mol. The van der Waals surface area contributed by atoms with Crippen molar-refractivity contribution < 1.29 is 4.39 Å². The Balaban J connectivity index is 2.14. The first-order chi connectivity index (χ1) is 8.29. The summed E-state index contributed by atoms with van der Waals surface area (Å²) < 4.78 is 14.5. The number of anilines is 1. The van der Waals surface area contributed by atoms with Gasteiger partial charge in [-0.15, -0.1) is 11.3 Å². The van der Waals surface area contributed by atoms with Gasteiger partial charge in [-0.05, 0) is 17.9 Å². The molecule has 0 atom stereocenters.